The van der Waals surface area contributed by atoms with Gasteiger partial charge < -0.3 is 10.1 Å². The summed E-state index contributed by atoms with van der Waals surface area (Å²) in [5, 5.41) is 7.29. The van der Waals surface area contributed by atoms with Crippen molar-refractivity contribution in [2.75, 3.05) is 5.32 Å². The summed E-state index contributed by atoms with van der Waals surface area (Å²) in [7, 11) is -3.95. The number of carbonyl (C=O) groups is 1. The molecule has 1 heterocycles. The lowest BCUT2D eigenvalue weighted by Gasteiger charge is -2.12. The molecule has 6 nitrogen and oxygen atoms in total. The normalized spacial score (nSPS) is 22.8. The number of ether oxygens (including phenoxy) is 1. The first-order valence-electron chi connectivity index (χ1n) is 6.06. The third kappa shape index (κ3) is 3.33. The van der Waals surface area contributed by atoms with Gasteiger partial charge in [0.2, 0.25) is 10.0 Å². The van der Waals surface area contributed by atoms with E-state index in [1.54, 1.807) is 0 Å². The second kappa shape index (κ2) is 5.47. The van der Waals surface area contributed by atoms with Gasteiger partial charge in [-0.15, -0.1) is 0 Å². The standard InChI is InChI=1S/C12H15FN2O4S/c1-7-2-5-11(19-7)12(16)15-10-6-8(20(14,17)18)3-4-9(10)13/h3-4,6-7,11H,2,5H2,1H3,(H,15,16)(H2,14,17,18). The van der Waals surface area contributed by atoms with Gasteiger partial charge in [0.25, 0.3) is 5.91 Å². The second-order valence-corrected chi connectivity index (χ2v) is 6.25. The fourth-order valence-electron chi connectivity index (χ4n) is 1.99. The summed E-state index contributed by atoms with van der Waals surface area (Å²) in [5.74, 6) is -1.24. The lowest BCUT2D eigenvalue weighted by Crippen LogP contribution is -2.28. The quantitative estimate of drug-likeness (QED) is 0.869. The first-order chi connectivity index (χ1) is 9.27. The number of hydrogen-bond acceptors (Lipinski definition) is 4. The zero-order valence-electron chi connectivity index (χ0n) is 10.8. The Balaban J connectivity index is 2.18. The average molecular weight is 302 g/mol. The molecule has 1 aromatic carbocycles. The summed E-state index contributed by atoms with van der Waals surface area (Å²) in [5.41, 5.74) is -0.232. The van der Waals surface area contributed by atoms with E-state index in [1.165, 1.54) is 0 Å². The fourth-order valence-corrected chi connectivity index (χ4v) is 2.53. The Bertz CT molecular complexity index is 632. The minimum absolute atomic E-state index is 0.0219. The highest BCUT2D eigenvalue weighted by Gasteiger charge is 2.28. The van der Waals surface area contributed by atoms with E-state index in [1.807, 2.05) is 6.92 Å². The smallest absolute Gasteiger partial charge is 0.253 e. The number of halogens is 1. The Morgan fingerprint density at radius 2 is 2.15 bits per heavy atom. The van der Waals surface area contributed by atoms with Crippen LogP contribution in [0, 0.1) is 5.82 Å². The van der Waals surface area contributed by atoms with Crippen LogP contribution < -0.4 is 10.5 Å². The van der Waals surface area contributed by atoms with Crippen molar-refractivity contribution in [3.63, 3.8) is 0 Å². The third-order valence-corrected chi connectivity index (χ3v) is 3.96. The first kappa shape index (κ1) is 14.9. The number of amides is 1. The Labute approximate surface area is 116 Å². The maximum Gasteiger partial charge on any atom is 0.253 e. The molecule has 1 aliphatic rings. The number of rotatable bonds is 3. The van der Waals surface area contributed by atoms with Gasteiger partial charge in [-0.25, -0.2) is 17.9 Å². The summed E-state index contributed by atoms with van der Waals surface area (Å²) in [4.78, 5) is 11.6. The molecule has 1 saturated heterocycles. The van der Waals surface area contributed by atoms with Gasteiger partial charge in [0, 0.05) is 0 Å². The summed E-state index contributed by atoms with van der Waals surface area (Å²) in [6.07, 6.45) is 0.621. The van der Waals surface area contributed by atoms with E-state index in [9.17, 15) is 17.6 Å². The number of carbonyl (C=O) groups excluding carboxylic acids is 1. The Hall–Kier alpha value is -1.51. The van der Waals surface area contributed by atoms with E-state index in [4.69, 9.17) is 9.88 Å². The van der Waals surface area contributed by atoms with Gasteiger partial charge >= 0.3 is 0 Å². The highest BCUT2D eigenvalue weighted by molar-refractivity contribution is 7.89. The van der Waals surface area contributed by atoms with Crippen molar-refractivity contribution in [1.82, 2.24) is 0 Å². The number of anilines is 1. The molecule has 0 saturated carbocycles. The molecule has 2 atom stereocenters. The Kier molecular flexibility index (Phi) is 4.07. The van der Waals surface area contributed by atoms with E-state index in [2.05, 4.69) is 5.32 Å². The van der Waals surface area contributed by atoms with E-state index in [0.717, 1.165) is 24.6 Å². The van der Waals surface area contributed by atoms with Crippen LogP contribution in [0.4, 0.5) is 10.1 Å². The Morgan fingerprint density at radius 1 is 1.45 bits per heavy atom. The minimum Gasteiger partial charge on any atom is -0.365 e. The van der Waals surface area contributed by atoms with Crippen molar-refractivity contribution < 1.29 is 22.3 Å². The van der Waals surface area contributed by atoms with Crippen LogP contribution in [0.25, 0.3) is 0 Å². The number of sulfonamides is 1. The molecule has 0 aliphatic carbocycles. The summed E-state index contributed by atoms with van der Waals surface area (Å²) in [6, 6.07) is 2.96. The molecule has 0 spiro atoms. The van der Waals surface area contributed by atoms with Crippen molar-refractivity contribution in [1.29, 1.82) is 0 Å². The molecule has 2 rings (SSSR count). The lowest BCUT2D eigenvalue weighted by molar-refractivity contribution is -0.126. The van der Waals surface area contributed by atoms with Crippen LogP contribution in [0.5, 0.6) is 0 Å². The Morgan fingerprint density at radius 3 is 2.70 bits per heavy atom. The second-order valence-electron chi connectivity index (χ2n) is 4.69. The number of hydrogen-bond donors (Lipinski definition) is 2. The van der Waals surface area contributed by atoms with E-state index < -0.39 is 27.9 Å². The monoisotopic (exact) mass is 302 g/mol. The van der Waals surface area contributed by atoms with Crippen LogP contribution in [0.15, 0.2) is 23.1 Å². The zero-order chi connectivity index (χ0) is 14.9. The summed E-state index contributed by atoms with van der Waals surface area (Å²) in [6.45, 7) is 1.84. The van der Waals surface area contributed by atoms with Crippen molar-refractivity contribution in [3.05, 3.63) is 24.0 Å². The molecule has 8 heteroatoms. The third-order valence-electron chi connectivity index (χ3n) is 3.05. The van der Waals surface area contributed by atoms with Gasteiger partial charge in [-0.05, 0) is 38.0 Å². The van der Waals surface area contributed by atoms with Crippen LogP contribution in [-0.2, 0) is 19.6 Å². The molecular weight excluding hydrogens is 287 g/mol. The van der Waals surface area contributed by atoms with Crippen LogP contribution in [-0.4, -0.2) is 26.5 Å². The largest absolute Gasteiger partial charge is 0.365 e. The molecule has 3 N–H and O–H groups in total. The minimum atomic E-state index is -3.95. The zero-order valence-corrected chi connectivity index (χ0v) is 11.6. The maximum atomic E-state index is 13.6. The van der Waals surface area contributed by atoms with Crippen LogP contribution in [0.3, 0.4) is 0 Å². The lowest BCUT2D eigenvalue weighted by atomic mass is 10.2. The van der Waals surface area contributed by atoms with Crippen LogP contribution in [0.1, 0.15) is 19.8 Å². The molecule has 0 bridgehead atoms. The number of benzene rings is 1. The SMILES string of the molecule is CC1CCC(C(=O)Nc2cc(S(N)(=O)=O)ccc2F)O1. The van der Waals surface area contributed by atoms with Gasteiger partial charge in [-0.1, -0.05) is 0 Å². The molecular formula is C12H15FN2O4S. The van der Waals surface area contributed by atoms with Crippen molar-refractivity contribution >= 4 is 21.6 Å². The van der Waals surface area contributed by atoms with Gasteiger partial charge in [-0.3, -0.25) is 4.79 Å². The highest BCUT2D eigenvalue weighted by atomic mass is 32.2. The van der Waals surface area contributed by atoms with Gasteiger partial charge in [0.05, 0.1) is 16.7 Å². The first-order valence-corrected chi connectivity index (χ1v) is 7.60. The molecule has 1 fully saturated rings. The molecule has 20 heavy (non-hydrogen) atoms. The van der Waals surface area contributed by atoms with E-state index in [-0.39, 0.29) is 16.7 Å². The molecule has 110 valence electrons. The van der Waals surface area contributed by atoms with Crippen molar-refractivity contribution in [2.45, 2.75) is 36.9 Å². The van der Waals surface area contributed by atoms with Crippen LogP contribution in [0.2, 0.25) is 0 Å². The van der Waals surface area contributed by atoms with E-state index in [0.29, 0.717) is 6.42 Å². The number of nitrogens with two attached hydrogens (primary N) is 1. The fraction of sp³-hybridized carbons (Fsp3) is 0.417. The number of primary sulfonamides is 1. The van der Waals surface area contributed by atoms with Gasteiger partial charge in [0.15, 0.2) is 0 Å². The molecule has 1 aromatic rings. The predicted molar refractivity (Wildman–Crippen MR) is 70.0 cm³/mol. The maximum absolute atomic E-state index is 13.6. The predicted octanol–water partition coefficient (Wildman–Crippen LogP) is 0.979. The van der Waals surface area contributed by atoms with Crippen molar-refractivity contribution in [3.8, 4) is 0 Å². The van der Waals surface area contributed by atoms with Crippen molar-refractivity contribution in [2.24, 2.45) is 5.14 Å². The average Bonchev–Trinajstić information content (AvgIpc) is 2.77. The molecule has 1 amide bonds. The molecule has 2 unspecified atom stereocenters. The molecule has 0 aromatic heterocycles. The highest BCUT2D eigenvalue weighted by Crippen LogP contribution is 2.23. The topological polar surface area (TPSA) is 98.5 Å². The number of nitrogens with one attached hydrogen (secondary N) is 1. The van der Waals surface area contributed by atoms with Crippen LogP contribution >= 0.6 is 0 Å². The molecule has 0 radical (unpaired) electrons. The summed E-state index contributed by atoms with van der Waals surface area (Å²) < 4.78 is 41.3. The molecule has 1 aliphatic heterocycles. The van der Waals surface area contributed by atoms with Gasteiger partial charge in [-0.2, -0.15) is 0 Å². The van der Waals surface area contributed by atoms with E-state index >= 15 is 0 Å². The van der Waals surface area contributed by atoms with Gasteiger partial charge in [0.1, 0.15) is 11.9 Å². The summed E-state index contributed by atoms with van der Waals surface area (Å²) >= 11 is 0.